The van der Waals surface area contributed by atoms with Crippen LogP contribution in [0.1, 0.15) is 19.3 Å². The van der Waals surface area contributed by atoms with Crippen molar-refractivity contribution in [3.8, 4) is 5.75 Å². The second kappa shape index (κ2) is 9.56. The van der Waals surface area contributed by atoms with E-state index in [4.69, 9.17) is 4.74 Å². The summed E-state index contributed by atoms with van der Waals surface area (Å²) in [5, 5.41) is 2.84. The summed E-state index contributed by atoms with van der Waals surface area (Å²) in [6.07, 6.45) is 2.88. The second-order valence-electron chi connectivity index (χ2n) is 7.14. The van der Waals surface area contributed by atoms with Crippen molar-refractivity contribution in [2.24, 2.45) is 0 Å². The highest BCUT2D eigenvalue weighted by atomic mass is 32.2. The van der Waals surface area contributed by atoms with Crippen LogP contribution >= 0.6 is 23.1 Å². The average Bonchev–Trinajstić information content (AvgIpc) is 3.21. The van der Waals surface area contributed by atoms with Crippen LogP contribution in [0.4, 0.5) is 5.69 Å². The Morgan fingerprint density at radius 3 is 2.61 bits per heavy atom. The number of hydrogen-bond donors (Lipinski definition) is 1. The molecule has 10 heteroatoms. The Labute approximate surface area is 189 Å². The molecule has 2 heterocycles. The van der Waals surface area contributed by atoms with E-state index < -0.39 is 10.0 Å². The molecule has 0 spiro atoms. The lowest BCUT2D eigenvalue weighted by molar-refractivity contribution is -0.113. The van der Waals surface area contributed by atoms with Gasteiger partial charge in [-0.15, -0.1) is 11.3 Å². The van der Waals surface area contributed by atoms with Crippen molar-refractivity contribution >= 4 is 54.9 Å². The summed E-state index contributed by atoms with van der Waals surface area (Å²) in [7, 11) is -1.89. The maximum Gasteiger partial charge on any atom is 0.243 e. The first-order valence-corrected chi connectivity index (χ1v) is 13.2. The van der Waals surface area contributed by atoms with E-state index in [0.717, 1.165) is 39.6 Å². The van der Waals surface area contributed by atoms with Gasteiger partial charge in [0.15, 0.2) is 4.34 Å². The van der Waals surface area contributed by atoms with E-state index in [9.17, 15) is 13.2 Å². The van der Waals surface area contributed by atoms with Crippen LogP contribution in [0.3, 0.4) is 0 Å². The van der Waals surface area contributed by atoms with E-state index in [1.807, 2.05) is 0 Å². The summed E-state index contributed by atoms with van der Waals surface area (Å²) in [6.45, 7) is 1.15. The first-order chi connectivity index (χ1) is 15.0. The fourth-order valence-electron chi connectivity index (χ4n) is 3.36. The lowest BCUT2D eigenvalue weighted by atomic mass is 10.2. The van der Waals surface area contributed by atoms with E-state index in [1.54, 1.807) is 53.9 Å². The smallest absolute Gasteiger partial charge is 0.243 e. The summed E-state index contributed by atoms with van der Waals surface area (Å²) in [4.78, 5) is 17.1. The molecular formula is C21H23N3O4S3. The molecule has 2 aromatic carbocycles. The first-order valence-electron chi connectivity index (χ1n) is 9.93. The number of carbonyl (C=O) groups is 1. The SMILES string of the molecule is COc1ccc(NC(=O)CSc2nc3ccc(S(=O)(=O)N4CCCCC4)cc3s2)cc1. The van der Waals surface area contributed by atoms with E-state index in [2.05, 4.69) is 10.3 Å². The van der Waals surface area contributed by atoms with Crippen molar-refractivity contribution in [3.63, 3.8) is 0 Å². The molecule has 3 aromatic rings. The highest BCUT2D eigenvalue weighted by molar-refractivity contribution is 8.01. The van der Waals surface area contributed by atoms with E-state index >= 15 is 0 Å². The zero-order valence-corrected chi connectivity index (χ0v) is 19.5. The minimum absolute atomic E-state index is 0.136. The third-order valence-electron chi connectivity index (χ3n) is 4.99. The number of carbonyl (C=O) groups excluding carboxylic acids is 1. The van der Waals surface area contributed by atoms with Crippen LogP contribution in [0.15, 0.2) is 51.7 Å². The zero-order valence-electron chi connectivity index (χ0n) is 17.0. The van der Waals surface area contributed by atoms with Crippen molar-refractivity contribution in [3.05, 3.63) is 42.5 Å². The number of benzene rings is 2. The molecule has 7 nitrogen and oxygen atoms in total. The molecule has 1 saturated heterocycles. The summed E-state index contributed by atoms with van der Waals surface area (Å²) in [5.41, 5.74) is 1.43. The molecule has 0 unspecified atom stereocenters. The van der Waals surface area contributed by atoms with Crippen LogP contribution in [0.2, 0.25) is 0 Å². The number of rotatable bonds is 7. The predicted octanol–water partition coefficient (Wildman–Crippen LogP) is 4.21. The molecule has 1 aromatic heterocycles. The van der Waals surface area contributed by atoms with Crippen molar-refractivity contribution in [1.29, 1.82) is 0 Å². The molecule has 164 valence electrons. The Morgan fingerprint density at radius 1 is 1.16 bits per heavy atom. The van der Waals surface area contributed by atoms with Gasteiger partial charge >= 0.3 is 0 Å². The summed E-state index contributed by atoms with van der Waals surface area (Å²) in [5.74, 6) is 0.802. The molecule has 1 amide bonds. The fraction of sp³-hybridized carbons (Fsp3) is 0.333. The molecule has 0 bridgehead atoms. The van der Waals surface area contributed by atoms with Crippen LogP contribution in [0.5, 0.6) is 5.75 Å². The van der Waals surface area contributed by atoms with Gasteiger partial charge in [0, 0.05) is 18.8 Å². The predicted molar refractivity (Wildman–Crippen MR) is 125 cm³/mol. The largest absolute Gasteiger partial charge is 0.497 e. The molecule has 0 radical (unpaired) electrons. The molecule has 1 aliphatic rings. The third-order valence-corrected chi connectivity index (χ3v) is 9.05. The van der Waals surface area contributed by atoms with Crippen molar-refractivity contribution in [1.82, 2.24) is 9.29 Å². The van der Waals surface area contributed by atoms with Gasteiger partial charge in [0.05, 0.1) is 28.0 Å². The zero-order chi connectivity index (χ0) is 21.8. The molecule has 0 aliphatic carbocycles. The lowest BCUT2D eigenvalue weighted by Crippen LogP contribution is -2.35. The number of methoxy groups -OCH3 is 1. The van der Waals surface area contributed by atoms with Gasteiger partial charge in [-0.25, -0.2) is 13.4 Å². The van der Waals surface area contributed by atoms with Crippen LogP contribution in [0, 0.1) is 0 Å². The third kappa shape index (κ3) is 5.20. The Morgan fingerprint density at radius 2 is 1.90 bits per heavy atom. The first kappa shape index (κ1) is 22.1. The molecule has 31 heavy (non-hydrogen) atoms. The van der Waals surface area contributed by atoms with Crippen LogP contribution in [-0.4, -0.2) is 49.6 Å². The lowest BCUT2D eigenvalue weighted by Gasteiger charge is -2.25. The van der Waals surface area contributed by atoms with Gasteiger partial charge in [-0.05, 0) is 55.3 Å². The number of piperidine rings is 1. The van der Waals surface area contributed by atoms with Gasteiger partial charge in [0.2, 0.25) is 15.9 Å². The van der Waals surface area contributed by atoms with Gasteiger partial charge in [-0.2, -0.15) is 4.31 Å². The number of fused-ring (bicyclic) bond motifs is 1. The minimum atomic E-state index is -3.48. The Balaban J connectivity index is 1.41. The van der Waals surface area contributed by atoms with Gasteiger partial charge < -0.3 is 10.1 Å². The average molecular weight is 478 g/mol. The van der Waals surface area contributed by atoms with E-state index in [1.165, 1.54) is 23.1 Å². The van der Waals surface area contributed by atoms with Gasteiger partial charge in [-0.1, -0.05) is 18.2 Å². The molecule has 1 N–H and O–H groups in total. The van der Waals surface area contributed by atoms with Crippen molar-refractivity contribution in [2.45, 2.75) is 28.5 Å². The van der Waals surface area contributed by atoms with Crippen molar-refractivity contribution < 1.29 is 17.9 Å². The number of thioether (sulfide) groups is 1. The highest BCUT2D eigenvalue weighted by Crippen LogP contribution is 2.32. The quantitative estimate of drug-likeness (QED) is 0.513. The number of nitrogens with zero attached hydrogens (tertiary/aromatic N) is 2. The molecule has 0 saturated carbocycles. The Bertz CT molecular complexity index is 1170. The van der Waals surface area contributed by atoms with Crippen molar-refractivity contribution in [2.75, 3.05) is 31.3 Å². The standard InChI is InChI=1S/C21H23N3O4S3/c1-28-16-7-5-15(6-8-16)22-20(25)14-29-21-23-18-10-9-17(13-19(18)30-21)31(26,27)24-11-3-2-4-12-24/h5-10,13H,2-4,11-12,14H2,1H3,(H,22,25). The fourth-order valence-corrected chi connectivity index (χ4v) is 6.89. The number of thiazole rings is 1. The molecule has 1 aliphatic heterocycles. The molecule has 0 atom stereocenters. The van der Waals surface area contributed by atoms with Crippen LogP contribution in [-0.2, 0) is 14.8 Å². The summed E-state index contributed by atoms with van der Waals surface area (Å²) >= 11 is 2.73. The number of sulfonamides is 1. The number of aromatic nitrogens is 1. The van der Waals surface area contributed by atoms with Crippen LogP contribution < -0.4 is 10.1 Å². The summed E-state index contributed by atoms with van der Waals surface area (Å²) < 4.78 is 34.0. The summed E-state index contributed by atoms with van der Waals surface area (Å²) in [6, 6.07) is 12.2. The van der Waals surface area contributed by atoms with Crippen LogP contribution in [0.25, 0.3) is 10.2 Å². The van der Waals surface area contributed by atoms with Gasteiger partial charge in [-0.3, -0.25) is 4.79 Å². The number of amides is 1. The monoisotopic (exact) mass is 477 g/mol. The number of nitrogens with one attached hydrogen (secondary N) is 1. The number of hydrogen-bond acceptors (Lipinski definition) is 7. The van der Waals surface area contributed by atoms with Gasteiger partial charge in [0.25, 0.3) is 0 Å². The Hall–Kier alpha value is -2.14. The number of anilines is 1. The number of ether oxygens (including phenoxy) is 1. The molecule has 1 fully saturated rings. The minimum Gasteiger partial charge on any atom is -0.497 e. The maximum absolute atomic E-state index is 12.9. The highest BCUT2D eigenvalue weighted by Gasteiger charge is 2.26. The maximum atomic E-state index is 12.9. The molecule has 4 rings (SSSR count). The van der Waals surface area contributed by atoms with E-state index in [0.29, 0.717) is 23.7 Å². The van der Waals surface area contributed by atoms with Gasteiger partial charge in [0.1, 0.15) is 5.75 Å². The second-order valence-corrected chi connectivity index (χ2v) is 11.3. The Kier molecular flexibility index (Phi) is 6.80. The topological polar surface area (TPSA) is 88.6 Å². The van der Waals surface area contributed by atoms with E-state index in [-0.39, 0.29) is 11.7 Å². The normalized spacial score (nSPS) is 15.1. The molecular weight excluding hydrogens is 454 g/mol.